The Morgan fingerprint density at radius 3 is 2.82 bits per heavy atom. The third-order valence-electron chi connectivity index (χ3n) is 3.09. The number of likely N-dealkylation sites (N-methyl/N-ethyl adjacent to an activating group) is 1. The molecule has 1 fully saturated rings. The molecule has 17 heavy (non-hydrogen) atoms. The summed E-state index contributed by atoms with van der Waals surface area (Å²) in [5.41, 5.74) is 0. The zero-order chi connectivity index (χ0) is 11.8. The van der Waals surface area contributed by atoms with Gasteiger partial charge in [0.1, 0.15) is 6.61 Å². The molecule has 1 N–H and O–H groups in total. The summed E-state index contributed by atoms with van der Waals surface area (Å²) in [6.07, 6.45) is 4.47. The first-order valence-electron chi connectivity index (χ1n) is 6.29. The van der Waals surface area contributed by atoms with Gasteiger partial charge in [-0.25, -0.2) is 0 Å². The van der Waals surface area contributed by atoms with Crippen LogP contribution >= 0.6 is 12.4 Å². The lowest BCUT2D eigenvalue weighted by molar-refractivity contribution is -0.136. The number of amides is 1. The highest BCUT2D eigenvalue weighted by Crippen LogP contribution is 2.06. The Morgan fingerprint density at radius 2 is 2.24 bits per heavy atom. The Labute approximate surface area is 110 Å². The average Bonchev–Trinajstić information content (AvgIpc) is 2.81. The maximum Gasteiger partial charge on any atom is 0.248 e. The highest BCUT2D eigenvalue weighted by Gasteiger charge is 2.22. The predicted octanol–water partition coefficient (Wildman–Crippen LogP) is 1.44. The molecular formula is C12H25ClN2O2. The molecule has 0 spiro atoms. The first-order valence-corrected chi connectivity index (χ1v) is 6.29. The molecule has 1 saturated heterocycles. The number of halogens is 1. The number of nitrogens with zero attached hydrogens (tertiary/aromatic N) is 1. The largest absolute Gasteiger partial charge is 0.372 e. The molecule has 1 rings (SSSR count). The lowest BCUT2D eigenvalue weighted by Crippen LogP contribution is -2.40. The van der Waals surface area contributed by atoms with Gasteiger partial charge in [0.2, 0.25) is 5.91 Å². The van der Waals surface area contributed by atoms with Crippen molar-refractivity contribution in [3.63, 3.8) is 0 Å². The van der Waals surface area contributed by atoms with E-state index in [0.717, 1.165) is 25.9 Å². The van der Waals surface area contributed by atoms with E-state index in [-0.39, 0.29) is 24.9 Å². The zero-order valence-corrected chi connectivity index (χ0v) is 11.7. The van der Waals surface area contributed by atoms with Crippen LogP contribution in [0.25, 0.3) is 0 Å². The second kappa shape index (κ2) is 9.68. The average molecular weight is 265 g/mol. The molecule has 102 valence electrons. The molecule has 0 saturated carbocycles. The van der Waals surface area contributed by atoms with Gasteiger partial charge < -0.3 is 15.0 Å². The van der Waals surface area contributed by atoms with Gasteiger partial charge in [0.05, 0.1) is 0 Å². The summed E-state index contributed by atoms with van der Waals surface area (Å²) in [6, 6.07) is 0.353. The second-order valence-corrected chi connectivity index (χ2v) is 4.41. The fourth-order valence-electron chi connectivity index (χ4n) is 1.89. The van der Waals surface area contributed by atoms with Crippen molar-refractivity contribution in [2.45, 2.75) is 38.6 Å². The van der Waals surface area contributed by atoms with Crippen LogP contribution in [0.5, 0.6) is 0 Å². The topological polar surface area (TPSA) is 41.6 Å². The zero-order valence-electron chi connectivity index (χ0n) is 10.9. The van der Waals surface area contributed by atoms with Crippen LogP contribution in [0.3, 0.4) is 0 Å². The van der Waals surface area contributed by atoms with Crippen LogP contribution in [-0.4, -0.2) is 50.2 Å². The molecule has 1 aliphatic heterocycles. The Kier molecular flexibility index (Phi) is 9.50. The molecule has 1 atom stereocenters. The molecular weight excluding hydrogens is 240 g/mol. The number of rotatable bonds is 7. The number of carbonyl (C=O) groups is 1. The van der Waals surface area contributed by atoms with Crippen molar-refractivity contribution in [2.75, 3.05) is 33.4 Å². The van der Waals surface area contributed by atoms with Crippen molar-refractivity contribution in [2.24, 2.45) is 0 Å². The molecule has 5 heteroatoms. The Morgan fingerprint density at radius 1 is 1.47 bits per heavy atom. The number of nitrogens with one attached hydrogen (secondary N) is 1. The third kappa shape index (κ3) is 6.24. The molecule has 1 aliphatic rings. The molecule has 0 aliphatic carbocycles. The van der Waals surface area contributed by atoms with E-state index in [1.165, 1.54) is 12.8 Å². The number of unbranched alkanes of at least 4 members (excludes halogenated alkanes) is 2. The van der Waals surface area contributed by atoms with Crippen molar-refractivity contribution >= 4 is 18.3 Å². The van der Waals surface area contributed by atoms with Crippen LogP contribution in [-0.2, 0) is 9.53 Å². The molecule has 1 amide bonds. The van der Waals surface area contributed by atoms with Crippen molar-refractivity contribution in [1.29, 1.82) is 0 Å². The van der Waals surface area contributed by atoms with Crippen molar-refractivity contribution < 1.29 is 9.53 Å². The summed E-state index contributed by atoms with van der Waals surface area (Å²) in [7, 11) is 1.87. The van der Waals surface area contributed by atoms with Crippen LogP contribution in [0.15, 0.2) is 0 Å². The predicted molar refractivity (Wildman–Crippen MR) is 71.6 cm³/mol. The highest BCUT2D eigenvalue weighted by atomic mass is 35.5. The maximum absolute atomic E-state index is 11.7. The van der Waals surface area contributed by atoms with Gasteiger partial charge in [-0.05, 0) is 19.4 Å². The van der Waals surface area contributed by atoms with E-state index in [2.05, 4.69) is 12.2 Å². The lowest BCUT2D eigenvalue weighted by Gasteiger charge is -2.23. The van der Waals surface area contributed by atoms with E-state index in [1.54, 1.807) is 0 Å². The molecule has 0 aromatic carbocycles. The minimum absolute atomic E-state index is 0. The minimum Gasteiger partial charge on any atom is -0.372 e. The Balaban J connectivity index is 0.00000256. The number of hydrogen-bond acceptors (Lipinski definition) is 3. The van der Waals surface area contributed by atoms with Crippen molar-refractivity contribution in [1.82, 2.24) is 10.2 Å². The monoisotopic (exact) mass is 264 g/mol. The van der Waals surface area contributed by atoms with Gasteiger partial charge in [-0.15, -0.1) is 12.4 Å². The van der Waals surface area contributed by atoms with E-state index in [0.29, 0.717) is 12.6 Å². The molecule has 1 unspecified atom stereocenters. The van der Waals surface area contributed by atoms with Gasteiger partial charge in [-0.3, -0.25) is 4.79 Å². The van der Waals surface area contributed by atoms with Gasteiger partial charge in [-0.1, -0.05) is 19.8 Å². The summed E-state index contributed by atoms with van der Waals surface area (Å²) in [4.78, 5) is 13.6. The summed E-state index contributed by atoms with van der Waals surface area (Å²) >= 11 is 0. The van der Waals surface area contributed by atoms with E-state index in [1.807, 2.05) is 11.9 Å². The third-order valence-corrected chi connectivity index (χ3v) is 3.09. The van der Waals surface area contributed by atoms with Gasteiger partial charge in [0.25, 0.3) is 0 Å². The summed E-state index contributed by atoms with van der Waals surface area (Å²) in [6.45, 7) is 5.02. The molecule has 0 aromatic rings. The molecule has 0 bridgehead atoms. The van der Waals surface area contributed by atoms with Gasteiger partial charge in [-0.2, -0.15) is 0 Å². The van der Waals surface area contributed by atoms with Crippen LogP contribution < -0.4 is 5.32 Å². The van der Waals surface area contributed by atoms with E-state index in [4.69, 9.17) is 4.74 Å². The highest BCUT2D eigenvalue weighted by molar-refractivity contribution is 5.85. The Hall–Kier alpha value is -0.320. The summed E-state index contributed by atoms with van der Waals surface area (Å²) in [5.74, 6) is 0.102. The smallest absolute Gasteiger partial charge is 0.248 e. The molecule has 1 heterocycles. The van der Waals surface area contributed by atoms with E-state index >= 15 is 0 Å². The lowest BCUT2D eigenvalue weighted by atomic mass is 10.2. The summed E-state index contributed by atoms with van der Waals surface area (Å²) < 4.78 is 5.37. The number of ether oxygens (including phenoxy) is 1. The van der Waals surface area contributed by atoms with Gasteiger partial charge >= 0.3 is 0 Å². The van der Waals surface area contributed by atoms with Crippen LogP contribution in [0.4, 0.5) is 0 Å². The van der Waals surface area contributed by atoms with E-state index < -0.39 is 0 Å². The Bertz CT molecular complexity index is 209. The van der Waals surface area contributed by atoms with Gasteiger partial charge in [0, 0.05) is 26.2 Å². The van der Waals surface area contributed by atoms with Crippen LogP contribution in [0, 0.1) is 0 Å². The van der Waals surface area contributed by atoms with E-state index in [9.17, 15) is 4.79 Å². The molecule has 0 aromatic heterocycles. The fourth-order valence-corrected chi connectivity index (χ4v) is 1.89. The standard InChI is InChI=1S/C12H24N2O2.ClH/c1-3-4-5-8-16-10-12(15)14(2)11-6-7-13-9-11;/h11,13H,3-10H2,1-2H3;1H. The first kappa shape index (κ1) is 16.7. The maximum atomic E-state index is 11.7. The van der Waals surface area contributed by atoms with Crippen LogP contribution in [0.1, 0.15) is 32.6 Å². The van der Waals surface area contributed by atoms with Crippen molar-refractivity contribution in [3.05, 3.63) is 0 Å². The molecule has 4 nitrogen and oxygen atoms in total. The van der Waals surface area contributed by atoms with Crippen LogP contribution in [0.2, 0.25) is 0 Å². The van der Waals surface area contributed by atoms with Crippen molar-refractivity contribution in [3.8, 4) is 0 Å². The second-order valence-electron chi connectivity index (χ2n) is 4.41. The minimum atomic E-state index is 0. The molecule has 0 radical (unpaired) electrons. The number of carbonyl (C=O) groups excluding carboxylic acids is 1. The summed E-state index contributed by atoms with van der Waals surface area (Å²) in [5, 5.41) is 3.26. The van der Waals surface area contributed by atoms with Gasteiger partial charge in [0.15, 0.2) is 0 Å². The first-order chi connectivity index (χ1) is 7.75. The SMILES string of the molecule is CCCCCOCC(=O)N(C)C1CCNC1.Cl. The number of hydrogen-bond donors (Lipinski definition) is 1. The normalized spacial score (nSPS) is 18.8. The quantitative estimate of drug-likeness (QED) is 0.708. The fraction of sp³-hybridized carbons (Fsp3) is 0.917.